The zero-order valence-corrected chi connectivity index (χ0v) is 11.0. The van der Waals surface area contributed by atoms with Crippen molar-refractivity contribution < 1.29 is 0 Å². The SMILES string of the molecule is CC1CCCC(CNC(C)c2cccnc2)C1. The minimum atomic E-state index is 0.418. The maximum atomic E-state index is 4.17. The fourth-order valence-corrected chi connectivity index (χ4v) is 2.84. The Morgan fingerprint density at radius 1 is 1.47 bits per heavy atom. The van der Waals surface area contributed by atoms with E-state index < -0.39 is 0 Å². The van der Waals surface area contributed by atoms with Crippen molar-refractivity contribution in [1.29, 1.82) is 0 Å². The Hall–Kier alpha value is -0.890. The van der Waals surface area contributed by atoms with Gasteiger partial charge in [0.25, 0.3) is 0 Å². The summed E-state index contributed by atoms with van der Waals surface area (Å²) in [4.78, 5) is 4.17. The van der Waals surface area contributed by atoms with Crippen LogP contribution in [0.3, 0.4) is 0 Å². The molecule has 3 atom stereocenters. The lowest BCUT2D eigenvalue weighted by atomic mass is 9.82. The van der Waals surface area contributed by atoms with Crippen LogP contribution in [-0.4, -0.2) is 11.5 Å². The molecule has 3 unspecified atom stereocenters. The maximum absolute atomic E-state index is 4.17. The summed E-state index contributed by atoms with van der Waals surface area (Å²) in [5.74, 6) is 1.79. The third-order valence-corrected chi connectivity index (χ3v) is 3.94. The van der Waals surface area contributed by atoms with E-state index in [1.54, 1.807) is 0 Å². The topological polar surface area (TPSA) is 24.9 Å². The van der Waals surface area contributed by atoms with Crippen LogP contribution < -0.4 is 5.32 Å². The lowest BCUT2D eigenvalue weighted by Gasteiger charge is -2.28. The molecule has 0 amide bonds. The Kier molecular flexibility index (Phi) is 4.55. The second kappa shape index (κ2) is 6.15. The Morgan fingerprint density at radius 3 is 3.06 bits per heavy atom. The molecule has 1 fully saturated rings. The van der Waals surface area contributed by atoms with Crippen LogP contribution in [0.1, 0.15) is 51.1 Å². The van der Waals surface area contributed by atoms with Crippen molar-refractivity contribution >= 4 is 0 Å². The van der Waals surface area contributed by atoms with Crippen molar-refractivity contribution in [2.24, 2.45) is 11.8 Å². The van der Waals surface area contributed by atoms with E-state index in [-0.39, 0.29) is 0 Å². The largest absolute Gasteiger partial charge is 0.310 e. The number of nitrogens with one attached hydrogen (secondary N) is 1. The Labute approximate surface area is 105 Å². The summed E-state index contributed by atoms with van der Waals surface area (Å²) < 4.78 is 0. The van der Waals surface area contributed by atoms with Gasteiger partial charge in [0.15, 0.2) is 0 Å². The highest BCUT2D eigenvalue weighted by Gasteiger charge is 2.19. The summed E-state index contributed by atoms with van der Waals surface area (Å²) in [7, 11) is 0. The number of hydrogen-bond donors (Lipinski definition) is 1. The highest BCUT2D eigenvalue weighted by Crippen LogP contribution is 2.28. The lowest BCUT2D eigenvalue weighted by Crippen LogP contribution is -2.28. The van der Waals surface area contributed by atoms with Gasteiger partial charge in [0.05, 0.1) is 0 Å². The van der Waals surface area contributed by atoms with E-state index in [0.717, 1.165) is 18.4 Å². The van der Waals surface area contributed by atoms with Gasteiger partial charge in [-0.25, -0.2) is 0 Å². The quantitative estimate of drug-likeness (QED) is 0.858. The number of rotatable bonds is 4. The van der Waals surface area contributed by atoms with Crippen molar-refractivity contribution in [2.45, 2.75) is 45.6 Å². The zero-order chi connectivity index (χ0) is 12.1. The summed E-state index contributed by atoms with van der Waals surface area (Å²) in [6, 6.07) is 4.57. The molecule has 1 aliphatic rings. The fraction of sp³-hybridized carbons (Fsp3) is 0.667. The second-order valence-electron chi connectivity index (χ2n) is 5.55. The van der Waals surface area contributed by atoms with E-state index in [2.05, 4.69) is 30.2 Å². The van der Waals surface area contributed by atoms with Crippen molar-refractivity contribution in [1.82, 2.24) is 10.3 Å². The summed E-state index contributed by atoms with van der Waals surface area (Å²) in [6.45, 7) is 5.76. The highest BCUT2D eigenvalue weighted by atomic mass is 14.9. The zero-order valence-electron chi connectivity index (χ0n) is 11.0. The highest BCUT2D eigenvalue weighted by molar-refractivity contribution is 5.12. The molecule has 0 spiro atoms. The molecule has 0 aliphatic heterocycles. The molecule has 1 saturated carbocycles. The van der Waals surface area contributed by atoms with Crippen LogP contribution in [0.4, 0.5) is 0 Å². The summed E-state index contributed by atoms with van der Waals surface area (Å²) in [6.07, 6.45) is 9.42. The van der Waals surface area contributed by atoms with Crippen LogP contribution in [0.25, 0.3) is 0 Å². The Morgan fingerprint density at radius 2 is 2.35 bits per heavy atom. The van der Waals surface area contributed by atoms with Crippen molar-refractivity contribution in [3.05, 3.63) is 30.1 Å². The summed E-state index contributed by atoms with van der Waals surface area (Å²) >= 11 is 0. The average molecular weight is 232 g/mol. The van der Waals surface area contributed by atoms with Gasteiger partial charge in [0.1, 0.15) is 0 Å². The normalized spacial score (nSPS) is 26.7. The van der Waals surface area contributed by atoms with E-state index >= 15 is 0 Å². The second-order valence-corrected chi connectivity index (χ2v) is 5.55. The van der Waals surface area contributed by atoms with Crippen molar-refractivity contribution in [3.63, 3.8) is 0 Å². The minimum Gasteiger partial charge on any atom is -0.310 e. The van der Waals surface area contributed by atoms with E-state index in [1.165, 1.54) is 31.2 Å². The van der Waals surface area contributed by atoms with Gasteiger partial charge in [-0.15, -0.1) is 0 Å². The third-order valence-electron chi connectivity index (χ3n) is 3.94. The smallest absolute Gasteiger partial charge is 0.0315 e. The summed E-state index contributed by atoms with van der Waals surface area (Å²) in [5.41, 5.74) is 1.29. The van der Waals surface area contributed by atoms with Crippen LogP contribution in [0, 0.1) is 11.8 Å². The molecule has 1 aromatic heterocycles. The monoisotopic (exact) mass is 232 g/mol. The van der Waals surface area contributed by atoms with Gasteiger partial charge >= 0.3 is 0 Å². The Bertz CT molecular complexity index is 323. The van der Waals surface area contributed by atoms with Gasteiger partial charge in [-0.05, 0) is 49.8 Å². The molecular formula is C15H24N2. The molecule has 1 N–H and O–H groups in total. The minimum absolute atomic E-state index is 0.418. The number of pyridine rings is 1. The molecule has 17 heavy (non-hydrogen) atoms. The number of nitrogens with zero attached hydrogens (tertiary/aromatic N) is 1. The molecule has 1 aliphatic carbocycles. The van der Waals surface area contributed by atoms with E-state index in [1.807, 2.05) is 18.5 Å². The van der Waals surface area contributed by atoms with E-state index in [9.17, 15) is 0 Å². The van der Waals surface area contributed by atoms with Crippen LogP contribution in [0.5, 0.6) is 0 Å². The molecule has 1 aromatic rings. The Balaban J connectivity index is 1.78. The average Bonchev–Trinajstić information content (AvgIpc) is 2.37. The molecule has 2 heteroatoms. The molecule has 0 aromatic carbocycles. The molecule has 0 saturated heterocycles. The molecule has 1 heterocycles. The number of aromatic nitrogens is 1. The molecule has 0 bridgehead atoms. The molecule has 0 radical (unpaired) electrons. The molecule has 94 valence electrons. The van der Waals surface area contributed by atoms with Crippen molar-refractivity contribution in [3.8, 4) is 0 Å². The van der Waals surface area contributed by atoms with Gasteiger partial charge in [0, 0.05) is 18.4 Å². The third kappa shape index (κ3) is 3.81. The number of hydrogen-bond acceptors (Lipinski definition) is 2. The summed E-state index contributed by atoms with van der Waals surface area (Å²) in [5, 5.41) is 3.65. The predicted molar refractivity (Wildman–Crippen MR) is 71.8 cm³/mol. The van der Waals surface area contributed by atoms with Gasteiger partial charge in [-0.3, -0.25) is 4.98 Å². The van der Waals surface area contributed by atoms with Crippen LogP contribution in [0.2, 0.25) is 0 Å². The van der Waals surface area contributed by atoms with Crippen LogP contribution in [0.15, 0.2) is 24.5 Å². The maximum Gasteiger partial charge on any atom is 0.0315 e. The van der Waals surface area contributed by atoms with E-state index in [0.29, 0.717) is 6.04 Å². The van der Waals surface area contributed by atoms with Crippen LogP contribution >= 0.6 is 0 Å². The van der Waals surface area contributed by atoms with E-state index in [4.69, 9.17) is 0 Å². The first-order valence-electron chi connectivity index (χ1n) is 6.89. The first-order valence-corrected chi connectivity index (χ1v) is 6.89. The lowest BCUT2D eigenvalue weighted by molar-refractivity contribution is 0.268. The fourth-order valence-electron chi connectivity index (χ4n) is 2.84. The van der Waals surface area contributed by atoms with Crippen LogP contribution in [-0.2, 0) is 0 Å². The first kappa shape index (κ1) is 12.6. The first-order chi connectivity index (χ1) is 8.25. The molecular weight excluding hydrogens is 208 g/mol. The van der Waals surface area contributed by atoms with Gasteiger partial charge in [-0.2, -0.15) is 0 Å². The standard InChI is InChI=1S/C15H24N2/c1-12-5-3-6-14(9-12)10-17-13(2)15-7-4-8-16-11-15/h4,7-8,11-14,17H,3,5-6,9-10H2,1-2H3. The predicted octanol–water partition coefficient (Wildman–Crippen LogP) is 3.56. The van der Waals surface area contributed by atoms with Gasteiger partial charge in [0.2, 0.25) is 0 Å². The molecule has 2 nitrogen and oxygen atoms in total. The molecule has 2 rings (SSSR count). The van der Waals surface area contributed by atoms with Crippen molar-refractivity contribution in [2.75, 3.05) is 6.54 Å². The van der Waals surface area contributed by atoms with Gasteiger partial charge in [-0.1, -0.05) is 25.8 Å². The van der Waals surface area contributed by atoms with Gasteiger partial charge < -0.3 is 5.32 Å².